The van der Waals surface area contributed by atoms with Crippen molar-refractivity contribution in [1.29, 1.82) is 0 Å². The van der Waals surface area contributed by atoms with Crippen molar-refractivity contribution in [3.63, 3.8) is 0 Å². The minimum Gasteiger partial charge on any atom is -0.338 e. The van der Waals surface area contributed by atoms with Gasteiger partial charge in [0, 0.05) is 31.3 Å². The lowest BCUT2D eigenvalue weighted by molar-refractivity contribution is -0.132. The number of carbonyl (C=O) groups excluding carboxylic acids is 1. The third-order valence-electron chi connectivity index (χ3n) is 3.18. The topological polar surface area (TPSA) is 33.2 Å². The van der Waals surface area contributed by atoms with Gasteiger partial charge >= 0.3 is 0 Å². The molecule has 98 valence electrons. The quantitative estimate of drug-likeness (QED) is 0.777. The smallest absolute Gasteiger partial charge is 0.222 e. The molecule has 0 bridgehead atoms. The Hall–Kier alpha value is -0.800. The normalized spacial score (nSPS) is 17.4. The van der Waals surface area contributed by atoms with E-state index in [1.807, 2.05) is 4.90 Å². The van der Waals surface area contributed by atoms with Crippen LogP contribution in [0.3, 0.4) is 0 Å². The highest BCUT2D eigenvalue weighted by Gasteiger charge is 2.17. The van der Waals surface area contributed by atoms with Crippen molar-refractivity contribution in [2.24, 2.45) is 0 Å². The Morgan fingerprint density at radius 3 is 2.78 bits per heavy atom. The minimum absolute atomic E-state index is 0.209. The number of nitrogens with zero attached hydrogens (tertiary/aromatic N) is 2. The maximum absolute atomic E-state index is 12.0. The molecule has 0 aliphatic carbocycles. The van der Waals surface area contributed by atoms with Gasteiger partial charge in [-0.1, -0.05) is 36.0 Å². The highest BCUT2D eigenvalue weighted by molar-refractivity contribution is 6.34. The first-order chi connectivity index (χ1) is 8.66. The van der Waals surface area contributed by atoms with E-state index in [1.165, 1.54) is 6.42 Å². The van der Waals surface area contributed by atoms with E-state index in [0.717, 1.165) is 31.4 Å². The second-order valence-electron chi connectivity index (χ2n) is 4.58. The Kier molecular flexibility index (Phi) is 4.84. The van der Waals surface area contributed by atoms with Gasteiger partial charge < -0.3 is 4.90 Å². The zero-order valence-electron chi connectivity index (χ0n) is 10.2. The van der Waals surface area contributed by atoms with Crippen molar-refractivity contribution in [2.75, 3.05) is 6.54 Å². The molecule has 2 heterocycles. The average Bonchev–Trinajstić information content (AvgIpc) is 2.31. The lowest BCUT2D eigenvalue weighted by atomic mass is 10.1. The molecule has 1 aromatic heterocycles. The Balaban J connectivity index is 2.08. The average molecular weight is 287 g/mol. The van der Waals surface area contributed by atoms with E-state index >= 15 is 0 Å². The van der Waals surface area contributed by atoms with Crippen LogP contribution < -0.4 is 0 Å². The standard InChI is InChI=1S/C13H16Cl2N2O/c14-11-7-12(15)16-8-10(11)9-17-6-4-2-1-3-5-13(17)18/h7-8H,1-6,9H2. The van der Waals surface area contributed by atoms with Gasteiger partial charge in [0.15, 0.2) is 0 Å². The largest absolute Gasteiger partial charge is 0.338 e. The molecule has 3 nitrogen and oxygen atoms in total. The Bertz CT molecular complexity index is 437. The molecule has 1 amide bonds. The summed E-state index contributed by atoms with van der Waals surface area (Å²) in [5.74, 6) is 0.209. The number of amides is 1. The summed E-state index contributed by atoms with van der Waals surface area (Å²) in [6.07, 6.45) is 6.68. The molecule has 1 aromatic rings. The number of rotatable bonds is 2. The molecule has 1 fully saturated rings. The van der Waals surface area contributed by atoms with Crippen LogP contribution in [0, 0.1) is 0 Å². The third kappa shape index (κ3) is 3.59. The first-order valence-electron chi connectivity index (χ1n) is 6.24. The van der Waals surface area contributed by atoms with Gasteiger partial charge in [0.1, 0.15) is 5.15 Å². The molecule has 0 atom stereocenters. The van der Waals surface area contributed by atoms with E-state index < -0.39 is 0 Å². The highest BCUT2D eigenvalue weighted by atomic mass is 35.5. The molecule has 0 aromatic carbocycles. The summed E-state index contributed by atoms with van der Waals surface area (Å²) in [6.45, 7) is 1.33. The summed E-state index contributed by atoms with van der Waals surface area (Å²) < 4.78 is 0. The predicted molar refractivity (Wildman–Crippen MR) is 72.8 cm³/mol. The number of likely N-dealkylation sites (tertiary alicyclic amines) is 1. The summed E-state index contributed by atoms with van der Waals surface area (Å²) >= 11 is 11.9. The molecular weight excluding hydrogens is 271 g/mol. The van der Waals surface area contributed by atoms with Crippen molar-refractivity contribution in [3.05, 3.63) is 28.0 Å². The van der Waals surface area contributed by atoms with E-state index in [0.29, 0.717) is 23.1 Å². The van der Waals surface area contributed by atoms with Crippen molar-refractivity contribution in [3.8, 4) is 0 Å². The van der Waals surface area contributed by atoms with Crippen LogP contribution in [0.25, 0.3) is 0 Å². The monoisotopic (exact) mass is 286 g/mol. The van der Waals surface area contributed by atoms with Crippen LogP contribution >= 0.6 is 23.2 Å². The molecule has 0 radical (unpaired) electrons. The molecule has 1 aliphatic heterocycles. The Morgan fingerprint density at radius 2 is 2.00 bits per heavy atom. The SMILES string of the molecule is O=C1CCCCCCN1Cc1cnc(Cl)cc1Cl. The van der Waals surface area contributed by atoms with Crippen molar-refractivity contribution in [1.82, 2.24) is 9.88 Å². The summed E-state index contributed by atoms with van der Waals surface area (Å²) in [5, 5.41) is 0.951. The number of pyridine rings is 1. The molecule has 0 spiro atoms. The summed E-state index contributed by atoms with van der Waals surface area (Å²) in [7, 11) is 0. The molecule has 1 aliphatic rings. The van der Waals surface area contributed by atoms with Gasteiger partial charge in [-0.15, -0.1) is 0 Å². The van der Waals surface area contributed by atoms with Gasteiger partial charge in [-0.2, -0.15) is 0 Å². The van der Waals surface area contributed by atoms with E-state index in [9.17, 15) is 4.79 Å². The van der Waals surface area contributed by atoms with Crippen LogP contribution in [-0.4, -0.2) is 22.3 Å². The molecule has 5 heteroatoms. The van der Waals surface area contributed by atoms with Crippen LogP contribution in [0.2, 0.25) is 10.2 Å². The van der Waals surface area contributed by atoms with E-state index in [-0.39, 0.29) is 5.91 Å². The van der Waals surface area contributed by atoms with E-state index in [2.05, 4.69) is 4.98 Å². The van der Waals surface area contributed by atoms with Crippen LogP contribution in [0.4, 0.5) is 0 Å². The molecule has 2 rings (SSSR count). The summed E-state index contributed by atoms with van der Waals surface area (Å²) in [6, 6.07) is 1.62. The molecule has 0 saturated carbocycles. The Labute approximate surface area is 117 Å². The Morgan fingerprint density at radius 1 is 1.22 bits per heavy atom. The highest BCUT2D eigenvalue weighted by Crippen LogP contribution is 2.21. The van der Waals surface area contributed by atoms with Crippen molar-refractivity contribution < 1.29 is 4.79 Å². The fourth-order valence-electron chi connectivity index (χ4n) is 2.14. The number of halogens is 2. The first kappa shape index (κ1) is 13.6. The minimum atomic E-state index is 0.209. The lowest BCUT2D eigenvalue weighted by Crippen LogP contribution is -2.32. The van der Waals surface area contributed by atoms with E-state index in [4.69, 9.17) is 23.2 Å². The predicted octanol–water partition coefficient (Wildman–Crippen LogP) is 3.68. The van der Waals surface area contributed by atoms with Gasteiger partial charge in [0.25, 0.3) is 0 Å². The molecular formula is C13H16Cl2N2O. The van der Waals surface area contributed by atoms with Gasteiger partial charge in [0.05, 0.1) is 5.02 Å². The first-order valence-corrected chi connectivity index (χ1v) is 7.00. The molecule has 1 saturated heterocycles. The van der Waals surface area contributed by atoms with Gasteiger partial charge in [-0.3, -0.25) is 4.79 Å². The zero-order valence-corrected chi connectivity index (χ0v) is 11.7. The maximum Gasteiger partial charge on any atom is 0.222 e. The van der Waals surface area contributed by atoms with E-state index in [1.54, 1.807) is 12.3 Å². The molecule has 0 N–H and O–H groups in total. The van der Waals surface area contributed by atoms with Crippen molar-refractivity contribution >= 4 is 29.1 Å². The van der Waals surface area contributed by atoms with Crippen LogP contribution in [-0.2, 0) is 11.3 Å². The number of hydrogen-bond acceptors (Lipinski definition) is 2. The van der Waals surface area contributed by atoms with Gasteiger partial charge in [-0.25, -0.2) is 4.98 Å². The number of aromatic nitrogens is 1. The number of hydrogen-bond donors (Lipinski definition) is 0. The van der Waals surface area contributed by atoms with Crippen LogP contribution in [0.5, 0.6) is 0 Å². The maximum atomic E-state index is 12.0. The second-order valence-corrected chi connectivity index (χ2v) is 5.37. The second kappa shape index (κ2) is 6.39. The summed E-state index contributed by atoms with van der Waals surface area (Å²) in [4.78, 5) is 17.9. The molecule has 18 heavy (non-hydrogen) atoms. The lowest BCUT2D eigenvalue weighted by Gasteiger charge is -2.25. The number of carbonyl (C=O) groups is 1. The van der Waals surface area contributed by atoms with Crippen LogP contribution in [0.1, 0.15) is 37.7 Å². The van der Waals surface area contributed by atoms with Gasteiger partial charge in [0.2, 0.25) is 5.91 Å². The fourth-order valence-corrected chi connectivity index (χ4v) is 2.57. The van der Waals surface area contributed by atoms with Crippen LogP contribution in [0.15, 0.2) is 12.3 Å². The summed E-state index contributed by atoms with van der Waals surface area (Å²) in [5.41, 5.74) is 0.856. The fraction of sp³-hybridized carbons (Fsp3) is 0.538. The molecule has 0 unspecified atom stereocenters. The van der Waals surface area contributed by atoms with Gasteiger partial charge in [-0.05, 0) is 18.9 Å². The zero-order chi connectivity index (χ0) is 13.0. The third-order valence-corrected chi connectivity index (χ3v) is 3.74. The van der Waals surface area contributed by atoms with Crippen molar-refractivity contribution in [2.45, 2.75) is 38.6 Å².